The summed E-state index contributed by atoms with van der Waals surface area (Å²) in [7, 11) is 0. The number of aliphatic hydroxyl groups is 1. The van der Waals surface area contributed by atoms with Crippen LogP contribution in [0.1, 0.15) is 26.7 Å². The largest absolute Gasteiger partial charge is 0.449 e. The Morgan fingerprint density at radius 2 is 2.12 bits per heavy atom. The maximum absolute atomic E-state index is 11.7. The molecule has 1 saturated heterocycles. The van der Waals surface area contributed by atoms with E-state index in [9.17, 15) is 9.90 Å². The van der Waals surface area contributed by atoms with E-state index in [0.717, 1.165) is 12.8 Å². The zero-order valence-corrected chi connectivity index (χ0v) is 10.8. The number of rotatable bonds is 5. The topological polar surface area (TPSA) is 59.0 Å². The number of ether oxygens (including phenoxy) is 2. The first-order valence-corrected chi connectivity index (χ1v) is 6.21. The summed E-state index contributed by atoms with van der Waals surface area (Å²) >= 11 is 0. The fourth-order valence-electron chi connectivity index (χ4n) is 1.87. The second kappa shape index (κ2) is 6.81. The first-order chi connectivity index (χ1) is 8.11. The molecule has 0 spiro atoms. The summed E-state index contributed by atoms with van der Waals surface area (Å²) in [4.78, 5) is 13.4. The van der Waals surface area contributed by atoms with Crippen LogP contribution in [0, 0.1) is 5.41 Å². The van der Waals surface area contributed by atoms with Gasteiger partial charge in [-0.05, 0) is 6.42 Å². The Labute approximate surface area is 103 Å². The lowest BCUT2D eigenvalue weighted by atomic mass is 9.88. The summed E-state index contributed by atoms with van der Waals surface area (Å²) in [6.07, 6.45) is 1.51. The van der Waals surface area contributed by atoms with Crippen LogP contribution >= 0.6 is 0 Å². The average Bonchev–Trinajstić information content (AvgIpc) is 2.37. The van der Waals surface area contributed by atoms with E-state index in [2.05, 4.69) is 6.92 Å². The van der Waals surface area contributed by atoms with Crippen LogP contribution in [0.3, 0.4) is 0 Å². The highest BCUT2D eigenvalue weighted by molar-refractivity contribution is 5.67. The van der Waals surface area contributed by atoms with Gasteiger partial charge in [0.2, 0.25) is 0 Å². The molecule has 0 bridgehead atoms. The third kappa shape index (κ3) is 4.52. The van der Waals surface area contributed by atoms with Crippen LogP contribution in [-0.4, -0.2) is 55.6 Å². The zero-order valence-electron chi connectivity index (χ0n) is 10.8. The molecule has 0 aliphatic carbocycles. The number of carbonyl (C=O) groups is 1. The molecule has 1 fully saturated rings. The Bertz CT molecular complexity index is 241. The van der Waals surface area contributed by atoms with Gasteiger partial charge in [0.1, 0.15) is 6.61 Å². The number of morpholine rings is 1. The molecule has 0 aromatic rings. The summed E-state index contributed by atoms with van der Waals surface area (Å²) in [6.45, 7) is 6.61. The predicted octanol–water partition coefficient (Wildman–Crippen LogP) is 1.25. The van der Waals surface area contributed by atoms with Crippen LogP contribution in [-0.2, 0) is 9.47 Å². The van der Waals surface area contributed by atoms with Gasteiger partial charge in [-0.1, -0.05) is 20.3 Å². The van der Waals surface area contributed by atoms with Crippen molar-refractivity contribution in [3.05, 3.63) is 0 Å². The SMILES string of the molecule is CCCC(C)(CO)COC(=O)N1CCOCC1. The predicted molar refractivity (Wildman–Crippen MR) is 63.8 cm³/mol. The molecule has 0 saturated carbocycles. The van der Waals surface area contributed by atoms with Gasteiger partial charge in [0, 0.05) is 18.5 Å². The minimum atomic E-state index is -0.323. The van der Waals surface area contributed by atoms with Gasteiger partial charge in [0.15, 0.2) is 0 Å². The van der Waals surface area contributed by atoms with Crippen molar-refractivity contribution in [3.63, 3.8) is 0 Å². The highest BCUT2D eigenvalue weighted by Crippen LogP contribution is 2.23. The molecule has 1 aliphatic rings. The molecule has 1 aliphatic heterocycles. The summed E-state index contributed by atoms with van der Waals surface area (Å²) in [5.41, 5.74) is -0.323. The van der Waals surface area contributed by atoms with Gasteiger partial charge < -0.3 is 19.5 Å². The van der Waals surface area contributed by atoms with E-state index in [1.165, 1.54) is 0 Å². The second-order valence-corrected chi connectivity index (χ2v) is 4.87. The lowest BCUT2D eigenvalue weighted by Crippen LogP contribution is -2.42. The summed E-state index contributed by atoms with van der Waals surface area (Å²) in [5, 5.41) is 9.31. The molecule has 0 radical (unpaired) electrons. The molecule has 1 rings (SSSR count). The Morgan fingerprint density at radius 3 is 2.65 bits per heavy atom. The number of hydrogen-bond donors (Lipinski definition) is 1. The average molecular weight is 245 g/mol. The van der Waals surface area contributed by atoms with Gasteiger partial charge in [0.05, 0.1) is 19.8 Å². The van der Waals surface area contributed by atoms with Gasteiger partial charge in [0.25, 0.3) is 0 Å². The monoisotopic (exact) mass is 245 g/mol. The van der Waals surface area contributed by atoms with Crippen molar-refractivity contribution >= 4 is 6.09 Å². The Hall–Kier alpha value is -0.810. The van der Waals surface area contributed by atoms with E-state index in [1.54, 1.807) is 4.90 Å². The van der Waals surface area contributed by atoms with Gasteiger partial charge in [-0.3, -0.25) is 0 Å². The molecule has 1 N–H and O–H groups in total. The molecule has 0 aromatic heterocycles. The molecular formula is C12H23NO4. The van der Waals surface area contributed by atoms with Crippen LogP contribution in [0.15, 0.2) is 0 Å². The van der Waals surface area contributed by atoms with Gasteiger partial charge in [-0.25, -0.2) is 4.79 Å². The normalized spacial score (nSPS) is 19.8. The number of nitrogens with zero attached hydrogens (tertiary/aromatic N) is 1. The first kappa shape index (κ1) is 14.3. The van der Waals surface area contributed by atoms with E-state index >= 15 is 0 Å². The molecule has 1 amide bonds. The lowest BCUT2D eigenvalue weighted by molar-refractivity contribution is 0.00147. The number of aliphatic hydroxyl groups excluding tert-OH is 1. The standard InChI is InChI=1S/C12H23NO4/c1-3-4-12(2,9-14)10-17-11(15)13-5-7-16-8-6-13/h14H,3-10H2,1-2H3. The van der Waals surface area contributed by atoms with Crippen molar-refractivity contribution in [2.45, 2.75) is 26.7 Å². The van der Waals surface area contributed by atoms with Crippen LogP contribution in [0.5, 0.6) is 0 Å². The molecule has 100 valence electrons. The third-order valence-corrected chi connectivity index (χ3v) is 3.05. The van der Waals surface area contributed by atoms with Crippen molar-refractivity contribution in [1.29, 1.82) is 0 Å². The van der Waals surface area contributed by atoms with Crippen molar-refractivity contribution < 1.29 is 19.4 Å². The van der Waals surface area contributed by atoms with Crippen molar-refractivity contribution in [1.82, 2.24) is 4.90 Å². The summed E-state index contributed by atoms with van der Waals surface area (Å²) in [5.74, 6) is 0. The number of carbonyl (C=O) groups excluding carboxylic acids is 1. The molecule has 0 aromatic carbocycles. The van der Waals surface area contributed by atoms with Crippen LogP contribution in [0.25, 0.3) is 0 Å². The second-order valence-electron chi connectivity index (χ2n) is 4.87. The van der Waals surface area contributed by atoms with E-state index in [-0.39, 0.29) is 24.7 Å². The summed E-state index contributed by atoms with van der Waals surface area (Å²) < 4.78 is 10.4. The van der Waals surface area contributed by atoms with E-state index in [0.29, 0.717) is 26.3 Å². The van der Waals surface area contributed by atoms with E-state index in [4.69, 9.17) is 9.47 Å². The smallest absolute Gasteiger partial charge is 0.409 e. The highest BCUT2D eigenvalue weighted by Gasteiger charge is 2.26. The maximum atomic E-state index is 11.7. The number of amides is 1. The minimum absolute atomic E-state index is 0.0389. The maximum Gasteiger partial charge on any atom is 0.409 e. The Morgan fingerprint density at radius 1 is 1.47 bits per heavy atom. The van der Waals surface area contributed by atoms with Crippen LogP contribution in [0.2, 0.25) is 0 Å². The van der Waals surface area contributed by atoms with Crippen molar-refractivity contribution in [2.75, 3.05) is 39.5 Å². The Kier molecular flexibility index (Phi) is 5.71. The quantitative estimate of drug-likeness (QED) is 0.792. The third-order valence-electron chi connectivity index (χ3n) is 3.05. The van der Waals surface area contributed by atoms with Crippen molar-refractivity contribution in [3.8, 4) is 0 Å². The molecular weight excluding hydrogens is 222 g/mol. The fourth-order valence-corrected chi connectivity index (χ4v) is 1.87. The first-order valence-electron chi connectivity index (χ1n) is 6.21. The molecule has 1 atom stereocenters. The molecule has 1 heterocycles. The van der Waals surface area contributed by atoms with E-state index < -0.39 is 0 Å². The number of hydrogen-bond acceptors (Lipinski definition) is 4. The zero-order chi connectivity index (χ0) is 12.7. The van der Waals surface area contributed by atoms with Crippen molar-refractivity contribution in [2.24, 2.45) is 5.41 Å². The van der Waals surface area contributed by atoms with Gasteiger partial charge in [-0.2, -0.15) is 0 Å². The van der Waals surface area contributed by atoms with Crippen LogP contribution < -0.4 is 0 Å². The highest BCUT2D eigenvalue weighted by atomic mass is 16.6. The Balaban J connectivity index is 2.35. The van der Waals surface area contributed by atoms with Crippen LogP contribution in [0.4, 0.5) is 4.79 Å². The molecule has 5 heteroatoms. The fraction of sp³-hybridized carbons (Fsp3) is 0.917. The van der Waals surface area contributed by atoms with E-state index in [1.807, 2.05) is 6.92 Å². The van der Waals surface area contributed by atoms with Gasteiger partial charge in [-0.15, -0.1) is 0 Å². The summed E-state index contributed by atoms with van der Waals surface area (Å²) in [6, 6.07) is 0. The molecule has 1 unspecified atom stereocenters. The molecule has 17 heavy (non-hydrogen) atoms. The lowest BCUT2D eigenvalue weighted by Gasteiger charge is -2.30. The molecule has 5 nitrogen and oxygen atoms in total. The van der Waals surface area contributed by atoms with Gasteiger partial charge >= 0.3 is 6.09 Å². The minimum Gasteiger partial charge on any atom is -0.449 e.